The van der Waals surface area contributed by atoms with Crippen LogP contribution in [0.4, 0.5) is 4.39 Å². The summed E-state index contributed by atoms with van der Waals surface area (Å²) in [7, 11) is 0. The van der Waals surface area contributed by atoms with Crippen LogP contribution >= 0.6 is 0 Å². The maximum absolute atomic E-state index is 13.6. The fourth-order valence-electron chi connectivity index (χ4n) is 4.63. The summed E-state index contributed by atoms with van der Waals surface area (Å²) in [5.74, 6) is -0.255. The fraction of sp³-hybridized carbons (Fsp3) is 0.261. The summed E-state index contributed by atoms with van der Waals surface area (Å²) in [5.41, 5.74) is 3.07. The number of likely N-dealkylation sites (tertiary alicyclic amines) is 1. The summed E-state index contributed by atoms with van der Waals surface area (Å²) >= 11 is 0. The van der Waals surface area contributed by atoms with Gasteiger partial charge in [0, 0.05) is 60.8 Å². The number of halogens is 1. The molecule has 1 amide bonds. The van der Waals surface area contributed by atoms with Crippen molar-refractivity contribution in [2.45, 2.75) is 18.9 Å². The normalized spacial score (nSPS) is 20.2. The highest BCUT2D eigenvalue weighted by Crippen LogP contribution is 2.37. The second kappa shape index (κ2) is 6.95. The van der Waals surface area contributed by atoms with Gasteiger partial charge in [-0.05, 0) is 48.2 Å². The van der Waals surface area contributed by atoms with Crippen molar-refractivity contribution in [3.8, 4) is 11.1 Å². The monoisotopic (exact) mass is 389 g/mol. The fourth-order valence-corrected chi connectivity index (χ4v) is 4.63. The first-order valence-corrected chi connectivity index (χ1v) is 9.78. The lowest BCUT2D eigenvalue weighted by Gasteiger charge is -2.43. The second-order valence-electron chi connectivity index (χ2n) is 7.88. The van der Waals surface area contributed by atoms with Crippen LogP contribution in [-0.2, 0) is 6.54 Å². The first kappa shape index (κ1) is 17.8. The van der Waals surface area contributed by atoms with Crippen LogP contribution < -0.4 is 5.56 Å². The van der Waals surface area contributed by atoms with Gasteiger partial charge < -0.3 is 9.47 Å². The predicted octanol–water partition coefficient (Wildman–Crippen LogP) is 3.31. The summed E-state index contributed by atoms with van der Waals surface area (Å²) in [4.78, 5) is 31.7. The molecule has 2 atom stereocenters. The number of rotatable bonds is 2. The summed E-state index contributed by atoms with van der Waals surface area (Å²) in [6.07, 6.45) is 4.40. The number of pyridine rings is 2. The highest BCUT2D eigenvalue weighted by molar-refractivity contribution is 5.94. The van der Waals surface area contributed by atoms with E-state index in [1.807, 2.05) is 16.7 Å². The van der Waals surface area contributed by atoms with Crippen molar-refractivity contribution in [2.75, 3.05) is 13.1 Å². The summed E-state index contributed by atoms with van der Waals surface area (Å²) in [5, 5.41) is 0. The smallest absolute Gasteiger partial charge is 0.253 e. The number of fused-ring (bicyclic) bond motifs is 4. The molecule has 5 nitrogen and oxygen atoms in total. The van der Waals surface area contributed by atoms with Gasteiger partial charge in [-0.15, -0.1) is 0 Å². The molecule has 1 fully saturated rings. The van der Waals surface area contributed by atoms with Crippen LogP contribution in [0.3, 0.4) is 0 Å². The molecule has 0 radical (unpaired) electrons. The van der Waals surface area contributed by atoms with Crippen molar-refractivity contribution in [1.82, 2.24) is 14.5 Å². The highest BCUT2D eigenvalue weighted by atomic mass is 19.1. The molecule has 29 heavy (non-hydrogen) atoms. The molecule has 0 N–H and O–H groups in total. The zero-order valence-corrected chi connectivity index (χ0v) is 15.8. The summed E-state index contributed by atoms with van der Waals surface area (Å²) in [6.45, 7) is 1.72. The average Bonchev–Trinajstić information content (AvgIpc) is 2.74. The van der Waals surface area contributed by atoms with Gasteiger partial charge in [0.05, 0.1) is 0 Å². The van der Waals surface area contributed by atoms with Gasteiger partial charge in [-0.25, -0.2) is 4.39 Å². The van der Waals surface area contributed by atoms with E-state index in [0.29, 0.717) is 25.2 Å². The Kier molecular flexibility index (Phi) is 4.27. The van der Waals surface area contributed by atoms with Crippen LogP contribution in [0.25, 0.3) is 11.1 Å². The van der Waals surface area contributed by atoms with E-state index in [2.05, 4.69) is 11.1 Å². The van der Waals surface area contributed by atoms with Gasteiger partial charge >= 0.3 is 0 Å². The lowest BCUT2D eigenvalue weighted by atomic mass is 9.82. The molecule has 6 heteroatoms. The van der Waals surface area contributed by atoms with E-state index >= 15 is 0 Å². The van der Waals surface area contributed by atoms with Crippen LogP contribution in [0.1, 0.15) is 28.4 Å². The molecule has 1 aromatic carbocycles. The number of carbonyl (C=O) groups is 1. The molecule has 0 spiro atoms. The minimum Gasteiger partial charge on any atom is -0.338 e. The molecule has 2 aromatic heterocycles. The number of piperidine rings is 1. The molecule has 0 aliphatic carbocycles. The van der Waals surface area contributed by atoms with Crippen LogP contribution in [-0.4, -0.2) is 33.4 Å². The Morgan fingerprint density at radius 3 is 2.72 bits per heavy atom. The van der Waals surface area contributed by atoms with Crippen molar-refractivity contribution >= 4 is 5.91 Å². The van der Waals surface area contributed by atoms with Gasteiger partial charge in [-0.2, -0.15) is 0 Å². The van der Waals surface area contributed by atoms with Crippen molar-refractivity contribution in [1.29, 1.82) is 0 Å². The third-order valence-corrected chi connectivity index (χ3v) is 5.91. The highest BCUT2D eigenvalue weighted by Gasteiger charge is 2.36. The van der Waals surface area contributed by atoms with Crippen molar-refractivity contribution in [3.05, 3.63) is 88.4 Å². The molecule has 2 aliphatic rings. The Labute approximate surface area is 167 Å². The van der Waals surface area contributed by atoms with E-state index < -0.39 is 5.82 Å². The largest absolute Gasteiger partial charge is 0.338 e. The van der Waals surface area contributed by atoms with Gasteiger partial charge in [0.25, 0.3) is 11.5 Å². The van der Waals surface area contributed by atoms with E-state index in [4.69, 9.17) is 0 Å². The Bertz CT molecular complexity index is 1140. The molecule has 0 saturated carbocycles. The lowest BCUT2D eigenvalue weighted by molar-refractivity contribution is 0.0594. The number of nitrogens with zero attached hydrogens (tertiary/aromatic N) is 3. The Morgan fingerprint density at radius 1 is 1.03 bits per heavy atom. The molecule has 3 aromatic rings. The topological polar surface area (TPSA) is 55.2 Å². The number of hydrogen-bond donors (Lipinski definition) is 0. The minimum atomic E-state index is -0.411. The minimum absolute atomic E-state index is 0.0130. The van der Waals surface area contributed by atoms with Gasteiger partial charge in [0.2, 0.25) is 0 Å². The molecule has 146 valence electrons. The van der Waals surface area contributed by atoms with E-state index in [1.165, 1.54) is 12.1 Å². The second-order valence-corrected chi connectivity index (χ2v) is 7.88. The van der Waals surface area contributed by atoms with Crippen LogP contribution in [0.2, 0.25) is 0 Å². The summed E-state index contributed by atoms with van der Waals surface area (Å²) < 4.78 is 15.4. The maximum Gasteiger partial charge on any atom is 0.253 e. The average molecular weight is 389 g/mol. The van der Waals surface area contributed by atoms with Gasteiger partial charge in [0.15, 0.2) is 0 Å². The molecular weight excluding hydrogens is 369 g/mol. The number of carbonyl (C=O) groups excluding carboxylic acids is 1. The lowest BCUT2D eigenvalue weighted by Crippen LogP contribution is -2.49. The standard InChI is InChI=1S/C23H20FN3O2/c24-20-5-1-3-16(8-20)23(29)26-12-15-7-19(14-26)21-9-18(10-22(28)27(21)13-15)17-4-2-6-25-11-17/h1-6,8-11,15,19H,7,12-14H2/t15-,19+/m0/s1. The molecule has 0 unspecified atom stereocenters. The van der Waals surface area contributed by atoms with Crippen molar-refractivity contribution < 1.29 is 9.18 Å². The van der Waals surface area contributed by atoms with Gasteiger partial charge in [-0.3, -0.25) is 14.6 Å². The third kappa shape index (κ3) is 3.24. The number of benzene rings is 1. The SMILES string of the molecule is O=C(c1cccc(F)c1)N1C[C@@H]2C[C@H](C1)c1cc(-c3cccnc3)cc(=O)n1C2. The van der Waals surface area contributed by atoms with Gasteiger partial charge in [0.1, 0.15) is 5.82 Å². The zero-order chi connectivity index (χ0) is 20.0. The molecule has 2 aliphatic heterocycles. The molecule has 1 saturated heterocycles. The van der Waals surface area contributed by atoms with Gasteiger partial charge in [-0.1, -0.05) is 12.1 Å². The predicted molar refractivity (Wildman–Crippen MR) is 107 cm³/mol. The van der Waals surface area contributed by atoms with Crippen molar-refractivity contribution in [2.24, 2.45) is 5.92 Å². The summed E-state index contributed by atoms with van der Waals surface area (Å²) in [6, 6.07) is 13.3. The Hall–Kier alpha value is -3.28. The van der Waals surface area contributed by atoms with Crippen LogP contribution in [0.15, 0.2) is 65.7 Å². The van der Waals surface area contributed by atoms with E-state index in [9.17, 15) is 14.0 Å². The van der Waals surface area contributed by atoms with Crippen LogP contribution in [0.5, 0.6) is 0 Å². The number of aromatic nitrogens is 2. The molecule has 5 rings (SSSR count). The Balaban J connectivity index is 1.49. The maximum atomic E-state index is 13.6. The molecular formula is C23H20FN3O2. The Morgan fingerprint density at radius 2 is 1.93 bits per heavy atom. The number of amides is 1. The van der Waals surface area contributed by atoms with E-state index in [0.717, 1.165) is 23.2 Å². The molecule has 2 bridgehead atoms. The molecule has 4 heterocycles. The quantitative estimate of drug-likeness (QED) is 0.676. The number of hydrogen-bond acceptors (Lipinski definition) is 3. The van der Waals surface area contributed by atoms with Crippen molar-refractivity contribution in [3.63, 3.8) is 0 Å². The van der Waals surface area contributed by atoms with E-state index in [1.54, 1.807) is 35.5 Å². The first-order chi connectivity index (χ1) is 14.1. The zero-order valence-electron chi connectivity index (χ0n) is 15.8. The van der Waals surface area contributed by atoms with E-state index in [-0.39, 0.29) is 23.3 Å². The third-order valence-electron chi connectivity index (χ3n) is 5.91. The van der Waals surface area contributed by atoms with Crippen LogP contribution in [0, 0.1) is 11.7 Å². The first-order valence-electron chi connectivity index (χ1n) is 9.78.